The fraction of sp³-hybridized carbons (Fsp3) is 0.250. The summed E-state index contributed by atoms with van der Waals surface area (Å²) in [5.41, 5.74) is 2.58. The molecule has 0 radical (unpaired) electrons. The number of aliphatic carboxylic acids is 1. The predicted molar refractivity (Wildman–Crippen MR) is 164 cm³/mol. The quantitative estimate of drug-likeness (QED) is 0.179. The highest BCUT2D eigenvalue weighted by molar-refractivity contribution is 7.99. The molecule has 1 aromatic heterocycles. The zero-order chi connectivity index (χ0) is 31.5. The molecule has 0 unspecified atom stereocenters. The maximum atomic E-state index is 13.6. The SMILES string of the molecule is COc1ccc(-c2nc(C)no2)cc1CC(=O)N[C@H](C(=O)N[C@@H](CC(=O)O)C(=O)CSCc1ccccc1)c1ccccc1. The summed E-state index contributed by atoms with van der Waals surface area (Å²) in [4.78, 5) is 55.7. The van der Waals surface area contributed by atoms with Crippen molar-refractivity contribution >= 4 is 35.3 Å². The number of nitrogens with zero attached hydrogens (tertiary/aromatic N) is 2. The molecule has 44 heavy (non-hydrogen) atoms. The number of ether oxygens (including phenoxy) is 1. The minimum atomic E-state index is -1.28. The topological polar surface area (TPSA) is 161 Å². The second-order valence-electron chi connectivity index (χ2n) is 9.87. The standard InChI is InChI=1S/C32H32N4O7S/c1-20-33-32(43-36-20)23-13-14-27(42-2)24(15-23)16-28(38)35-30(22-11-7-4-8-12-22)31(41)34-25(17-29(39)40)26(37)19-44-18-21-9-5-3-6-10-21/h3-15,25,30H,16-19H2,1-2H3,(H,34,41)(H,35,38)(H,39,40)/t25-,30-/m0/s1. The Morgan fingerprint density at radius 1 is 0.977 bits per heavy atom. The third-order valence-corrected chi connectivity index (χ3v) is 7.57. The van der Waals surface area contributed by atoms with Gasteiger partial charge in [-0.1, -0.05) is 65.8 Å². The van der Waals surface area contributed by atoms with Gasteiger partial charge in [-0.3, -0.25) is 19.2 Å². The Hall–Kier alpha value is -4.97. The summed E-state index contributed by atoms with van der Waals surface area (Å²) < 4.78 is 10.7. The van der Waals surface area contributed by atoms with E-state index in [0.29, 0.717) is 34.0 Å². The summed E-state index contributed by atoms with van der Waals surface area (Å²) in [6, 6.07) is 20.7. The van der Waals surface area contributed by atoms with Crippen molar-refractivity contribution in [2.75, 3.05) is 12.9 Å². The average molecular weight is 617 g/mol. The molecule has 12 heteroatoms. The van der Waals surface area contributed by atoms with E-state index in [0.717, 1.165) is 5.56 Å². The molecule has 0 aliphatic carbocycles. The molecule has 228 valence electrons. The Morgan fingerprint density at radius 2 is 1.68 bits per heavy atom. The number of aromatic nitrogens is 2. The van der Waals surface area contributed by atoms with Gasteiger partial charge in [0.25, 0.3) is 5.89 Å². The van der Waals surface area contributed by atoms with Crippen LogP contribution in [0.2, 0.25) is 0 Å². The Balaban J connectivity index is 1.49. The van der Waals surface area contributed by atoms with Crippen molar-refractivity contribution in [2.45, 2.75) is 37.6 Å². The number of Topliss-reactive ketones (excluding diaryl/α,β-unsaturated/α-hetero) is 1. The summed E-state index contributed by atoms with van der Waals surface area (Å²) in [5, 5.41) is 18.6. The average Bonchev–Trinajstić information content (AvgIpc) is 3.46. The van der Waals surface area contributed by atoms with Crippen molar-refractivity contribution in [3.63, 3.8) is 0 Å². The number of amides is 2. The Bertz CT molecular complexity index is 1590. The lowest BCUT2D eigenvalue weighted by Crippen LogP contribution is -2.48. The molecule has 2 atom stereocenters. The van der Waals surface area contributed by atoms with Gasteiger partial charge in [0.2, 0.25) is 11.8 Å². The maximum absolute atomic E-state index is 13.6. The van der Waals surface area contributed by atoms with Crippen LogP contribution in [-0.2, 0) is 31.4 Å². The van der Waals surface area contributed by atoms with Crippen LogP contribution >= 0.6 is 11.8 Å². The lowest BCUT2D eigenvalue weighted by Gasteiger charge is -2.23. The van der Waals surface area contributed by atoms with Gasteiger partial charge < -0.3 is 25.0 Å². The van der Waals surface area contributed by atoms with Crippen LogP contribution in [0.15, 0.2) is 83.4 Å². The number of carboxylic acid groups (broad SMARTS) is 1. The number of carboxylic acids is 1. The molecule has 4 aromatic rings. The van der Waals surface area contributed by atoms with Crippen molar-refractivity contribution in [3.05, 3.63) is 101 Å². The van der Waals surface area contributed by atoms with Gasteiger partial charge in [0, 0.05) is 16.9 Å². The smallest absolute Gasteiger partial charge is 0.305 e. The number of methoxy groups -OCH3 is 1. The van der Waals surface area contributed by atoms with E-state index in [9.17, 15) is 24.3 Å². The number of carbonyl (C=O) groups is 4. The van der Waals surface area contributed by atoms with E-state index in [2.05, 4.69) is 20.8 Å². The Morgan fingerprint density at radius 3 is 2.32 bits per heavy atom. The second-order valence-corrected chi connectivity index (χ2v) is 10.9. The van der Waals surface area contributed by atoms with E-state index in [-0.39, 0.29) is 18.1 Å². The van der Waals surface area contributed by atoms with Crippen LogP contribution in [0.25, 0.3) is 11.5 Å². The molecule has 1 heterocycles. The van der Waals surface area contributed by atoms with Gasteiger partial charge in [-0.15, -0.1) is 11.8 Å². The van der Waals surface area contributed by atoms with Crippen molar-refractivity contribution in [1.82, 2.24) is 20.8 Å². The van der Waals surface area contributed by atoms with Crippen LogP contribution in [-0.4, -0.2) is 57.7 Å². The van der Waals surface area contributed by atoms with E-state index in [4.69, 9.17) is 9.26 Å². The second kappa shape index (κ2) is 15.5. The first-order valence-corrected chi connectivity index (χ1v) is 14.9. The monoisotopic (exact) mass is 616 g/mol. The summed E-state index contributed by atoms with van der Waals surface area (Å²) >= 11 is 1.33. The zero-order valence-corrected chi connectivity index (χ0v) is 25.0. The van der Waals surface area contributed by atoms with Crippen LogP contribution in [0.5, 0.6) is 5.75 Å². The van der Waals surface area contributed by atoms with Gasteiger partial charge in [0.05, 0.1) is 31.7 Å². The van der Waals surface area contributed by atoms with E-state index >= 15 is 0 Å². The van der Waals surface area contributed by atoms with Crippen molar-refractivity contribution in [2.24, 2.45) is 0 Å². The molecule has 0 fully saturated rings. The predicted octanol–water partition coefficient (Wildman–Crippen LogP) is 3.92. The third kappa shape index (κ3) is 9.01. The molecule has 0 aliphatic heterocycles. The van der Waals surface area contributed by atoms with E-state index < -0.39 is 42.1 Å². The van der Waals surface area contributed by atoms with Crippen LogP contribution in [0.1, 0.15) is 35.0 Å². The number of ketones is 1. The highest BCUT2D eigenvalue weighted by Crippen LogP contribution is 2.26. The molecule has 2 amide bonds. The minimum Gasteiger partial charge on any atom is -0.496 e. The molecule has 11 nitrogen and oxygen atoms in total. The highest BCUT2D eigenvalue weighted by atomic mass is 32.2. The minimum absolute atomic E-state index is 0.00515. The lowest BCUT2D eigenvalue weighted by atomic mass is 10.0. The molecule has 0 saturated carbocycles. The Kier molecular flexibility index (Phi) is 11.2. The third-order valence-electron chi connectivity index (χ3n) is 6.55. The van der Waals surface area contributed by atoms with Gasteiger partial charge in [-0.25, -0.2) is 0 Å². The van der Waals surface area contributed by atoms with Gasteiger partial charge in [0.15, 0.2) is 11.6 Å². The van der Waals surface area contributed by atoms with Gasteiger partial charge in [0.1, 0.15) is 11.8 Å². The van der Waals surface area contributed by atoms with Crippen molar-refractivity contribution in [3.8, 4) is 17.2 Å². The first kappa shape index (κ1) is 32.0. The highest BCUT2D eigenvalue weighted by Gasteiger charge is 2.29. The lowest BCUT2D eigenvalue weighted by molar-refractivity contribution is -0.140. The fourth-order valence-corrected chi connectivity index (χ4v) is 5.35. The van der Waals surface area contributed by atoms with Crippen LogP contribution < -0.4 is 15.4 Å². The number of thioether (sulfide) groups is 1. The molecule has 0 bridgehead atoms. The number of nitrogens with one attached hydrogen (secondary N) is 2. The maximum Gasteiger partial charge on any atom is 0.305 e. The number of carbonyl (C=O) groups excluding carboxylic acids is 3. The van der Waals surface area contributed by atoms with Crippen LogP contribution in [0.4, 0.5) is 0 Å². The summed E-state index contributed by atoms with van der Waals surface area (Å²) in [5.74, 6) is -1.14. The van der Waals surface area contributed by atoms with E-state index in [1.54, 1.807) is 55.5 Å². The first-order valence-electron chi connectivity index (χ1n) is 13.7. The fourth-order valence-electron chi connectivity index (χ4n) is 4.41. The number of aryl methyl sites for hydroxylation is 1. The number of rotatable bonds is 15. The number of benzene rings is 3. The van der Waals surface area contributed by atoms with Crippen molar-refractivity contribution < 1.29 is 33.5 Å². The number of hydrogen-bond donors (Lipinski definition) is 3. The number of hydrogen-bond acceptors (Lipinski definition) is 9. The zero-order valence-electron chi connectivity index (χ0n) is 24.2. The van der Waals surface area contributed by atoms with E-state index in [1.165, 1.54) is 18.9 Å². The van der Waals surface area contributed by atoms with E-state index in [1.807, 2.05) is 30.3 Å². The Labute approximate surface area is 258 Å². The molecule has 0 aliphatic rings. The van der Waals surface area contributed by atoms with Gasteiger partial charge >= 0.3 is 5.97 Å². The van der Waals surface area contributed by atoms with Crippen LogP contribution in [0.3, 0.4) is 0 Å². The molecule has 3 N–H and O–H groups in total. The van der Waals surface area contributed by atoms with Gasteiger partial charge in [-0.05, 0) is 36.2 Å². The van der Waals surface area contributed by atoms with Gasteiger partial charge in [-0.2, -0.15) is 4.98 Å². The summed E-state index contributed by atoms with van der Waals surface area (Å²) in [6.45, 7) is 1.69. The molecule has 0 saturated heterocycles. The largest absolute Gasteiger partial charge is 0.496 e. The molecular weight excluding hydrogens is 584 g/mol. The van der Waals surface area contributed by atoms with Crippen molar-refractivity contribution in [1.29, 1.82) is 0 Å². The molecule has 4 rings (SSSR count). The molecular formula is C32H32N4O7S. The first-order chi connectivity index (χ1) is 21.2. The summed E-state index contributed by atoms with van der Waals surface area (Å²) in [6.07, 6.45) is -0.751. The molecule has 3 aromatic carbocycles. The normalized spacial score (nSPS) is 12.1. The van der Waals surface area contributed by atoms with Crippen LogP contribution in [0, 0.1) is 6.92 Å². The molecule has 0 spiro atoms. The summed E-state index contributed by atoms with van der Waals surface area (Å²) in [7, 11) is 1.48.